The second-order valence-corrected chi connectivity index (χ2v) is 7.09. The minimum atomic E-state index is -0.206. The van der Waals surface area contributed by atoms with E-state index in [9.17, 15) is 4.79 Å². The molecule has 23 heavy (non-hydrogen) atoms. The van der Waals surface area contributed by atoms with Gasteiger partial charge in [-0.25, -0.2) is 4.79 Å². The van der Waals surface area contributed by atoms with E-state index in [0.29, 0.717) is 0 Å². The highest BCUT2D eigenvalue weighted by Crippen LogP contribution is 2.28. The first-order valence-electron chi connectivity index (χ1n) is 8.98. The molecule has 0 amide bonds. The van der Waals surface area contributed by atoms with Gasteiger partial charge < -0.3 is 14.2 Å². The van der Waals surface area contributed by atoms with Crippen LogP contribution in [0.15, 0.2) is 27.4 Å². The number of nitrogens with one attached hydrogen (secondary N) is 2. The maximum atomic E-state index is 12.0. The van der Waals surface area contributed by atoms with Gasteiger partial charge in [-0.05, 0) is 49.4 Å². The topological polar surface area (TPSA) is 39.1 Å². The standard InChI is InChI=1S/C19H24N2O2/c1-2-20-6-8-21(9-7-20)13-16-12-19(22)23-18-11-15-5-3-4-14(15)10-17(16)18/h10-12H,2-9,13H2,1H3/p+2. The summed E-state index contributed by atoms with van der Waals surface area (Å²) < 4.78 is 5.48. The lowest BCUT2D eigenvalue weighted by Crippen LogP contribution is -3.27. The maximum Gasteiger partial charge on any atom is 0.336 e. The molecule has 0 bridgehead atoms. The Hall–Kier alpha value is -1.65. The number of hydrogen-bond donors (Lipinski definition) is 2. The molecule has 0 atom stereocenters. The summed E-state index contributed by atoms with van der Waals surface area (Å²) in [5.74, 6) is 0. The lowest BCUT2D eigenvalue weighted by atomic mass is 10.0. The minimum absolute atomic E-state index is 0.206. The maximum absolute atomic E-state index is 12.0. The Kier molecular flexibility index (Phi) is 3.95. The van der Waals surface area contributed by atoms with Crippen LogP contribution >= 0.6 is 0 Å². The van der Waals surface area contributed by atoms with Gasteiger partial charge in [-0.15, -0.1) is 0 Å². The van der Waals surface area contributed by atoms with Gasteiger partial charge in [0.15, 0.2) is 0 Å². The van der Waals surface area contributed by atoms with Crippen LogP contribution in [-0.2, 0) is 19.4 Å². The SMILES string of the molecule is CC[NH+]1CC[NH+](Cc2cc(=O)oc3cc4c(cc23)CCC4)CC1. The molecule has 0 unspecified atom stereocenters. The normalized spacial score (nSPS) is 24.0. The highest BCUT2D eigenvalue weighted by Gasteiger charge is 2.23. The average Bonchev–Trinajstić information content (AvgIpc) is 3.01. The highest BCUT2D eigenvalue weighted by molar-refractivity contribution is 5.82. The summed E-state index contributed by atoms with van der Waals surface area (Å²) in [6.45, 7) is 9.28. The monoisotopic (exact) mass is 314 g/mol. The molecule has 1 fully saturated rings. The number of piperazine rings is 1. The van der Waals surface area contributed by atoms with Crippen molar-refractivity contribution in [3.8, 4) is 0 Å². The second kappa shape index (κ2) is 6.10. The largest absolute Gasteiger partial charge is 0.423 e. The van der Waals surface area contributed by atoms with Gasteiger partial charge in [-0.1, -0.05) is 0 Å². The van der Waals surface area contributed by atoms with E-state index in [4.69, 9.17) is 4.42 Å². The number of benzene rings is 1. The van der Waals surface area contributed by atoms with E-state index in [-0.39, 0.29) is 5.63 Å². The molecule has 4 heteroatoms. The fourth-order valence-corrected chi connectivity index (χ4v) is 4.20. The molecule has 1 aliphatic carbocycles. The number of hydrogen-bond acceptors (Lipinski definition) is 2. The zero-order valence-electron chi connectivity index (χ0n) is 13.9. The van der Waals surface area contributed by atoms with Crippen molar-refractivity contribution in [3.63, 3.8) is 0 Å². The third kappa shape index (κ3) is 2.93. The Bertz CT molecular complexity index is 773. The van der Waals surface area contributed by atoms with Gasteiger partial charge in [0.05, 0.1) is 6.54 Å². The minimum Gasteiger partial charge on any atom is -0.423 e. The summed E-state index contributed by atoms with van der Waals surface area (Å²) in [4.78, 5) is 15.3. The van der Waals surface area contributed by atoms with Crippen LogP contribution in [0.25, 0.3) is 11.0 Å². The molecule has 1 saturated heterocycles. The van der Waals surface area contributed by atoms with Crippen molar-refractivity contribution in [2.24, 2.45) is 0 Å². The van der Waals surface area contributed by atoms with Gasteiger partial charge in [0.1, 0.15) is 38.3 Å². The third-order valence-corrected chi connectivity index (χ3v) is 5.65. The van der Waals surface area contributed by atoms with Gasteiger partial charge in [0, 0.05) is 17.0 Å². The predicted molar refractivity (Wildman–Crippen MR) is 90.1 cm³/mol. The molecule has 2 N–H and O–H groups in total. The van der Waals surface area contributed by atoms with Crippen LogP contribution in [0.1, 0.15) is 30.0 Å². The van der Waals surface area contributed by atoms with Crippen LogP contribution in [0.5, 0.6) is 0 Å². The quantitative estimate of drug-likeness (QED) is 0.756. The van der Waals surface area contributed by atoms with Crippen LogP contribution in [0.3, 0.4) is 0 Å². The Balaban J connectivity index is 1.65. The van der Waals surface area contributed by atoms with Gasteiger partial charge in [0.2, 0.25) is 0 Å². The summed E-state index contributed by atoms with van der Waals surface area (Å²) >= 11 is 0. The van der Waals surface area contributed by atoms with Gasteiger partial charge in [0.25, 0.3) is 0 Å². The van der Waals surface area contributed by atoms with Crippen molar-refractivity contribution in [2.75, 3.05) is 32.7 Å². The van der Waals surface area contributed by atoms with E-state index in [0.717, 1.165) is 30.4 Å². The van der Waals surface area contributed by atoms with Crippen molar-refractivity contribution < 1.29 is 14.2 Å². The molecule has 0 spiro atoms. The van der Waals surface area contributed by atoms with Crippen molar-refractivity contribution in [1.82, 2.24) is 0 Å². The second-order valence-electron chi connectivity index (χ2n) is 7.09. The van der Waals surface area contributed by atoms with E-state index in [2.05, 4.69) is 19.1 Å². The van der Waals surface area contributed by atoms with E-state index >= 15 is 0 Å². The lowest BCUT2D eigenvalue weighted by molar-refractivity contribution is -1.02. The van der Waals surface area contributed by atoms with E-state index < -0.39 is 0 Å². The zero-order valence-corrected chi connectivity index (χ0v) is 13.9. The van der Waals surface area contributed by atoms with Crippen LogP contribution in [-0.4, -0.2) is 32.7 Å². The summed E-state index contributed by atoms with van der Waals surface area (Å²) in [6.07, 6.45) is 3.50. The number of quaternary nitrogens is 2. The smallest absolute Gasteiger partial charge is 0.336 e. The van der Waals surface area contributed by atoms with Crippen LogP contribution in [0, 0.1) is 0 Å². The molecule has 1 aromatic heterocycles. The summed E-state index contributed by atoms with van der Waals surface area (Å²) in [6, 6.07) is 6.11. The molecular weight excluding hydrogens is 288 g/mol. The zero-order chi connectivity index (χ0) is 15.8. The average molecular weight is 314 g/mol. The van der Waals surface area contributed by atoms with E-state index in [1.807, 2.05) is 0 Å². The Labute approximate surface area is 136 Å². The van der Waals surface area contributed by atoms with Crippen molar-refractivity contribution in [2.45, 2.75) is 32.7 Å². The number of likely N-dealkylation sites (N-methyl/N-ethyl adjacent to an activating group) is 1. The molecule has 4 nitrogen and oxygen atoms in total. The number of aryl methyl sites for hydroxylation is 2. The molecule has 1 aliphatic heterocycles. The summed E-state index contributed by atoms with van der Waals surface area (Å²) in [5.41, 5.74) is 4.56. The molecule has 2 aromatic rings. The molecular formula is C19H26N2O2+2. The van der Waals surface area contributed by atoms with E-state index in [1.54, 1.807) is 15.9 Å². The third-order valence-electron chi connectivity index (χ3n) is 5.65. The highest BCUT2D eigenvalue weighted by atomic mass is 16.4. The first-order chi connectivity index (χ1) is 11.2. The van der Waals surface area contributed by atoms with Gasteiger partial charge in [-0.2, -0.15) is 0 Å². The Morgan fingerprint density at radius 2 is 1.70 bits per heavy atom. The van der Waals surface area contributed by atoms with Crippen molar-refractivity contribution in [3.05, 3.63) is 45.3 Å². The lowest BCUT2D eigenvalue weighted by Gasteiger charge is -2.29. The fourth-order valence-electron chi connectivity index (χ4n) is 4.20. The molecule has 2 aliphatic rings. The number of rotatable bonds is 3. The molecule has 2 heterocycles. The van der Waals surface area contributed by atoms with Crippen molar-refractivity contribution >= 4 is 11.0 Å². The van der Waals surface area contributed by atoms with Crippen LogP contribution < -0.4 is 15.4 Å². The number of fused-ring (bicyclic) bond motifs is 2. The fraction of sp³-hybridized carbons (Fsp3) is 0.526. The molecule has 122 valence electrons. The summed E-state index contributed by atoms with van der Waals surface area (Å²) in [7, 11) is 0. The first kappa shape index (κ1) is 14.9. The predicted octanol–water partition coefficient (Wildman–Crippen LogP) is -0.415. The van der Waals surface area contributed by atoms with Gasteiger partial charge in [-0.3, -0.25) is 0 Å². The Morgan fingerprint density at radius 3 is 2.43 bits per heavy atom. The molecule has 4 rings (SSSR count). The molecule has 1 aromatic carbocycles. The first-order valence-corrected chi connectivity index (χ1v) is 8.98. The molecule has 0 saturated carbocycles. The van der Waals surface area contributed by atoms with Crippen molar-refractivity contribution in [1.29, 1.82) is 0 Å². The van der Waals surface area contributed by atoms with Gasteiger partial charge >= 0.3 is 5.63 Å². The van der Waals surface area contributed by atoms with Crippen LogP contribution in [0.2, 0.25) is 0 Å². The van der Waals surface area contributed by atoms with Crippen LogP contribution in [0.4, 0.5) is 0 Å². The van der Waals surface area contributed by atoms with E-state index in [1.165, 1.54) is 55.8 Å². The molecule has 0 radical (unpaired) electrons. The summed E-state index contributed by atoms with van der Waals surface area (Å²) in [5, 5.41) is 1.16. The Morgan fingerprint density at radius 1 is 1.00 bits per heavy atom.